The van der Waals surface area contributed by atoms with Gasteiger partial charge in [0.2, 0.25) is 5.89 Å². The number of ether oxygens (including phenoxy) is 1. The Balaban J connectivity index is 1.32. The quantitative estimate of drug-likeness (QED) is 0.805. The van der Waals surface area contributed by atoms with Gasteiger partial charge in [-0.3, -0.25) is 9.69 Å². The number of benzene rings is 1. The molecule has 1 atom stereocenters. The number of carbonyl (C=O) groups excluding carboxylic acids is 1. The van der Waals surface area contributed by atoms with Crippen LogP contribution in [0.3, 0.4) is 0 Å². The first-order valence-electron chi connectivity index (χ1n) is 9.45. The molecule has 2 fully saturated rings. The summed E-state index contributed by atoms with van der Waals surface area (Å²) in [7, 11) is 2.09. The van der Waals surface area contributed by atoms with Crippen LogP contribution >= 0.6 is 0 Å². The van der Waals surface area contributed by atoms with Gasteiger partial charge in [-0.05, 0) is 25.6 Å². The Hall–Kier alpha value is -2.41. The molecule has 2 saturated heterocycles. The first kappa shape index (κ1) is 18.0. The molecule has 0 N–H and O–H groups in total. The zero-order valence-electron chi connectivity index (χ0n) is 16.1. The molecular formula is C20H26N4O3. The molecule has 2 aliphatic heterocycles. The maximum absolute atomic E-state index is 12.4. The summed E-state index contributed by atoms with van der Waals surface area (Å²) in [6.45, 7) is 6.64. The van der Waals surface area contributed by atoms with Gasteiger partial charge in [0.05, 0.1) is 6.04 Å². The highest BCUT2D eigenvalue weighted by atomic mass is 16.5. The van der Waals surface area contributed by atoms with E-state index in [0.29, 0.717) is 5.89 Å². The minimum absolute atomic E-state index is 0.0391. The van der Waals surface area contributed by atoms with Crippen LogP contribution in [0.25, 0.3) is 0 Å². The van der Waals surface area contributed by atoms with Crippen molar-refractivity contribution in [2.45, 2.75) is 32.2 Å². The highest BCUT2D eigenvalue weighted by molar-refractivity contribution is 5.78. The molecule has 27 heavy (non-hydrogen) atoms. The third kappa shape index (κ3) is 3.56. The average Bonchev–Trinajstić information content (AvgIpc) is 3.24. The second-order valence-corrected chi connectivity index (χ2v) is 8.13. The lowest BCUT2D eigenvalue weighted by molar-refractivity contribution is -0.144. The predicted molar refractivity (Wildman–Crippen MR) is 99.3 cm³/mol. The van der Waals surface area contributed by atoms with Crippen molar-refractivity contribution in [2.24, 2.45) is 5.41 Å². The normalized spacial score (nSPS) is 21.6. The predicted octanol–water partition coefficient (Wildman–Crippen LogP) is 2.48. The van der Waals surface area contributed by atoms with E-state index in [1.165, 1.54) is 0 Å². The Kier molecular flexibility index (Phi) is 4.63. The van der Waals surface area contributed by atoms with E-state index in [-0.39, 0.29) is 29.9 Å². The first-order valence-corrected chi connectivity index (χ1v) is 9.45. The van der Waals surface area contributed by atoms with Gasteiger partial charge >= 0.3 is 0 Å². The van der Waals surface area contributed by atoms with E-state index in [1.54, 1.807) is 0 Å². The van der Waals surface area contributed by atoms with Crippen molar-refractivity contribution in [3.05, 3.63) is 42.0 Å². The number of carbonyl (C=O) groups is 1. The van der Waals surface area contributed by atoms with Crippen molar-refractivity contribution >= 4 is 5.91 Å². The smallest absolute Gasteiger partial charge is 0.260 e. The van der Waals surface area contributed by atoms with Crippen LogP contribution in [-0.4, -0.2) is 59.1 Å². The number of amides is 1. The van der Waals surface area contributed by atoms with E-state index < -0.39 is 0 Å². The Morgan fingerprint density at radius 1 is 1.30 bits per heavy atom. The summed E-state index contributed by atoms with van der Waals surface area (Å²) in [6.07, 6.45) is 0.948. The lowest BCUT2D eigenvalue weighted by Crippen LogP contribution is -2.60. The largest absolute Gasteiger partial charge is 0.484 e. The van der Waals surface area contributed by atoms with Crippen LogP contribution in [0.4, 0.5) is 0 Å². The van der Waals surface area contributed by atoms with Crippen LogP contribution in [-0.2, 0) is 4.79 Å². The minimum atomic E-state index is 0.0391. The minimum Gasteiger partial charge on any atom is -0.484 e. The van der Waals surface area contributed by atoms with Gasteiger partial charge in [-0.25, -0.2) is 0 Å². The molecule has 0 radical (unpaired) electrons. The van der Waals surface area contributed by atoms with Crippen LogP contribution in [0.15, 0.2) is 34.9 Å². The monoisotopic (exact) mass is 370 g/mol. The van der Waals surface area contributed by atoms with Gasteiger partial charge in [-0.2, -0.15) is 4.98 Å². The lowest BCUT2D eigenvalue weighted by atomic mass is 9.77. The molecule has 1 amide bonds. The molecule has 1 unspecified atom stereocenters. The van der Waals surface area contributed by atoms with Crippen LogP contribution in [0, 0.1) is 5.41 Å². The summed E-state index contributed by atoms with van der Waals surface area (Å²) < 4.78 is 10.9. The molecule has 144 valence electrons. The summed E-state index contributed by atoms with van der Waals surface area (Å²) in [6, 6.07) is 9.59. The molecule has 0 saturated carbocycles. The Labute approximate surface area is 159 Å². The third-order valence-electron chi connectivity index (χ3n) is 5.50. The number of aromatic nitrogens is 2. The highest BCUT2D eigenvalue weighted by Crippen LogP contribution is 2.47. The fourth-order valence-corrected chi connectivity index (χ4v) is 4.10. The van der Waals surface area contributed by atoms with Crippen molar-refractivity contribution < 1.29 is 14.1 Å². The maximum atomic E-state index is 12.4. The van der Waals surface area contributed by atoms with E-state index in [1.807, 2.05) is 49.1 Å². The molecular weight excluding hydrogens is 344 g/mol. The maximum Gasteiger partial charge on any atom is 0.260 e. The number of likely N-dealkylation sites (tertiary alicyclic amines) is 2. The van der Waals surface area contributed by atoms with Crippen LogP contribution in [0.1, 0.15) is 43.9 Å². The number of hydrogen-bond acceptors (Lipinski definition) is 6. The number of hydrogen-bond donors (Lipinski definition) is 0. The molecule has 7 heteroatoms. The van der Waals surface area contributed by atoms with Gasteiger partial charge in [-0.15, -0.1) is 0 Å². The summed E-state index contributed by atoms with van der Waals surface area (Å²) >= 11 is 0. The number of nitrogens with zero attached hydrogens (tertiary/aromatic N) is 4. The summed E-state index contributed by atoms with van der Waals surface area (Å²) in [5, 5.41) is 4.18. The molecule has 1 spiro atoms. The fourth-order valence-electron chi connectivity index (χ4n) is 4.10. The van der Waals surface area contributed by atoms with E-state index in [2.05, 4.69) is 22.1 Å². The molecule has 1 aromatic heterocycles. The van der Waals surface area contributed by atoms with Crippen molar-refractivity contribution in [3.8, 4) is 5.75 Å². The highest BCUT2D eigenvalue weighted by Gasteiger charge is 2.53. The Bertz CT molecular complexity index is 799. The zero-order chi connectivity index (χ0) is 19.0. The van der Waals surface area contributed by atoms with Gasteiger partial charge < -0.3 is 14.2 Å². The standard InChI is InChI=1S/C20H26N4O3/c1-14(2)19-21-18(22-27-19)16-9-20(11-23(16)3)12-24(13-20)17(25)10-26-15-7-5-4-6-8-15/h4-8,14,16H,9-13H2,1-3H3. The van der Waals surface area contributed by atoms with Gasteiger partial charge in [0, 0.05) is 31.0 Å². The number of para-hydroxylation sites is 1. The SMILES string of the molecule is CC(C)c1nc(C2CC3(CN(C(=O)COc4ccccc4)C3)CN2C)no1. The van der Waals surface area contributed by atoms with E-state index in [9.17, 15) is 4.79 Å². The van der Waals surface area contributed by atoms with Crippen molar-refractivity contribution in [1.82, 2.24) is 19.9 Å². The first-order chi connectivity index (χ1) is 13.0. The average molecular weight is 370 g/mol. The topological polar surface area (TPSA) is 71.7 Å². The molecule has 1 aromatic carbocycles. The van der Waals surface area contributed by atoms with Crippen molar-refractivity contribution in [3.63, 3.8) is 0 Å². The summed E-state index contributed by atoms with van der Waals surface area (Å²) in [5.74, 6) is 2.43. The van der Waals surface area contributed by atoms with Crippen LogP contribution < -0.4 is 4.74 Å². The van der Waals surface area contributed by atoms with Crippen LogP contribution in [0.2, 0.25) is 0 Å². The molecule has 0 bridgehead atoms. The molecule has 4 rings (SSSR count). The Morgan fingerprint density at radius 3 is 2.70 bits per heavy atom. The summed E-state index contributed by atoms with van der Waals surface area (Å²) in [5.41, 5.74) is 0.125. The van der Waals surface area contributed by atoms with Crippen molar-refractivity contribution in [2.75, 3.05) is 33.3 Å². The third-order valence-corrected chi connectivity index (χ3v) is 5.50. The number of rotatable bonds is 5. The van der Waals surface area contributed by atoms with Gasteiger partial charge in [0.1, 0.15) is 5.75 Å². The molecule has 2 aliphatic rings. The molecule has 7 nitrogen and oxygen atoms in total. The van der Waals surface area contributed by atoms with E-state index in [4.69, 9.17) is 9.26 Å². The zero-order valence-corrected chi connectivity index (χ0v) is 16.1. The van der Waals surface area contributed by atoms with E-state index in [0.717, 1.165) is 37.6 Å². The van der Waals surface area contributed by atoms with Crippen molar-refractivity contribution in [1.29, 1.82) is 0 Å². The van der Waals surface area contributed by atoms with Gasteiger partial charge in [0.15, 0.2) is 12.4 Å². The second kappa shape index (κ2) is 6.96. The molecule has 3 heterocycles. The molecule has 2 aromatic rings. The summed E-state index contributed by atoms with van der Waals surface area (Å²) in [4.78, 5) is 21.1. The second-order valence-electron chi connectivity index (χ2n) is 8.13. The van der Waals surface area contributed by atoms with E-state index >= 15 is 0 Å². The van der Waals surface area contributed by atoms with Crippen LogP contribution in [0.5, 0.6) is 5.75 Å². The van der Waals surface area contributed by atoms with Gasteiger partial charge in [-0.1, -0.05) is 37.2 Å². The lowest BCUT2D eigenvalue weighted by Gasteiger charge is -2.48. The molecule has 0 aliphatic carbocycles. The van der Waals surface area contributed by atoms with Gasteiger partial charge in [0.25, 0.3) is 5.91 Å². The fraction of sp³-hybridized carbons (Fsp3) is 0.550. The Morgan fingerprint density at radius 2 is 2.04 bits per heavy atom.